The number of benzene rings is 1. The summed E-state index contributed by atoms with van der Waals surface area (Å²) in [7, 11) is 0. The number of aryl methyl sites for hydroxylation is 2. The predicted octanol–water partition coefficient (Wildman–Crippen LogP) is 2.51. The predicted molar refractivity (Wildman–Crippen MR) is 84.9 cm³/mol. The topological polar surface area (TPSA) is 46.3 Å². The van der Waals surface area contributed by atoms with Crippen LogP contribution in [-0.2, 0) is 11.2 Å². The minimum absolute atomic E-state index is 0.319. The molecule has 1 saturated carbocycles. The van der Waals surface area contributed by atoms with Gasteiger partial charge in [0.1, 0.15) is 0 Å². The second kappa shape index (κ2) is 6.18. The molecule has 1 saturated heterocycles. The summed E-state index contributed by atoms with van der Waals surface area (Å²) < 4.78 is 0. The van der Waals surface area contributed by atoms with Crippen LogP contribution in [0.5, 0.6) is 0 Å². The molecule has 1 unspecified atom stereocenters. The van der Waals surface area contributed by atoms with Gasteiger partial charge in [-0.05, 0) is 50.0 Å². The molecule has 114 valence electrons. The maximum Gasteiger partial charge on any atom is 0.222 e. The summed E-state index contributed by atoms with van der Waals surface area (Å²) in [5.41, 5.74) is 8.59. The molecule has 3 rings (SSSR count). The van der Waals surface area contributed by atoms with E-state index in [0.717, 1.165) is 32.4 Å². The van der Waals surface area contributed by atoms with Crippen molar-refractivity contribution in [1.29, 1.82) is 0 Å². The number of nitrogens with two attached hydrogens (primary N) is 1. The summed E-state index contributed by atoms with van der Waals surface area (Å²) in [6, 6.07) is 8.81. The van der Waals surface area contributed by atoms with Crippen LogP contribution in [0, 0.1) is 18.8 Å². The number of rotatable bonds is 3. The van der Waals surface area contributed by atoms with Crippen LogP contribution in [-0.4, -0.2) is 29.9 Å². The maximum absolute atomic E-state index is 12.4. The van der Waals surface area contributed by atoms with Gasteiger partial charge in [-0.15, -0.1) is 0 Å². The minimum Gasteiger partial charge on any atom is -0.342 e. The van der Waals surface area contributed by atoms with Gasteiger partial charge in [0.05, 0.1) is 0 Å². The van der Waals surface area contributed by atoms with Crippen LogP contribution in [0.4, 0.5) is 0 Å². The Morgan fingerprint density at radius 1 is 1.29 bits per heavy atom. The van der Waals surface area contributed by atoms with Crippen molar-refractivity contribution in [2.45, 2.75) is 45.1 Å². The fraction of sp³-hybridized carbons (Fsp3) is 0.611. The van der Waals surface area contributed by atoms with Crippen LogP contribution in [0.3, 0.4) is 0 Å². The lowest BCUT2D eigenvalue weighted by molar-refractivity contribution is -0.130. The highest BCUT2D eigenvalue weighted by Crippen LogP contribution is 2.35. The quantitative estimate of drug-likeness (QED) is 0.928. The average molecular weight is 286 g/mol. The van der Waals surface area contributed by atoms with Crippen molar-refractivity contribution >= 4 is 5.91 Å². The molecule has 1 aromatic carbocycles. The molecular formula is C18H26N2O. The molecule has 1 aliphatic carbocycles. The Labute approximate surface area is 127 Å². The van der Waals surface area contributed by atoms with Crippen molar-refractivity contribution in [2.24, 2.45) is 17.6 Å². The van der Waals surface area contributed by atoms with Gasteiger partial charge in [0.15, 0.2) is 0 Å². The van der Waals surface area contributed by atoms with E-state index in [-0.39, 0.29) is 0 Å². The van der Waals surface area contributed by atoms with Crippen LogP contribution >= 0.6 is 0 Å². The third kappa shape index (κ3) is 3.46. The summed E-state index contributed by atoms with van der Waals surface area (Å²) in [5.74, 6) is 1.67. The summed E-state index contributed by atoms with van der Waals surface area (Å²) in [5, 5.41) is 0. The first-order valence-corrected chi connectivity index (χ1v) is 8.20. The first-order valence-electron chi connectivity index (χ1n) is 8.20. The molecule has 0 bridgehead atoms. The molecule has 0 spiro atoms. The molecule has 3 heteroatoms. The zero-order valence-corrected chi connectivity index (χ0v) is 12.9. The number of likely N-dealkylation sites (tertiary alicyclic amines) is 1. The number of carbonyl (C=O) groups is 1. The Hall–Kier alpha value is -1.35. The molecule has 1 aliphatic heterocycles. The van der Waals surface area contributed by atoms with Crippen LogP contribution in [0.15, 0.2) is 24.3 Å². The monoisotopic (exact) mass is 286 g/mol. The van der Waals surface area contributed by atoms with Gasteiger partial charge in [-0.25, -0.2) is 0 Å². The lowest BCUT2D eigenvalue weighted by Gasteiger charge is -2.27. The minimum atomic E-state index is 0.319. The molecular weight excluding hydrogens is 260 g/mol. The molecule has 1 aromatic rings. The second-order valence-corrected chi connectivity index (χ2v) is 6.88. The Kier molecular flexibility index (Phi) is 4.29. The number of carbonyl (C=O) groups excluding carboxylic acids is 1. The van der Waals surface area contributed by atoms with E-state index in [4.69, 9.17) is 5.73 Å². The smallest absolute Gasteiger partial charge is 0.222 e. The molecule has 21 heavy (non-hydrogen) atoms. The number of nitrogens with zero attached hydrogens (tertiary/aromatic N) is 1. The van der Waals surface area contributed by atoms with Gasteiger partial charge < -0.3 is 10.6 Å². The van der Waals surface area contributed by atoms with Crippen molar-refractivity contribution in [2.75, 3.05) is 13.1 Å². The zero-order valence-electron chi connectivity index (χ0n) is 12.9. The molecule has 1 amide bonds. The standard InChI is InChI=1S/C18H26N2O/c1-13-3-2-4-14(9-13)5-8-18(21)20-11-15-6-7-17(19)10-16(15)12-20/h2-4,9,15-17H,5-8,10-12,19H2,1H3/t15-,16+,17?/m1/s1. The van der Waals surface area contributed by atoms with Gasteiger partial charge in [-0.3, -0.25) is 4.79 Å². The number of fused-ring (bicyclic) bond motifs is 1. The van der Waals surface area contributed by atoms with E-state index in [1.807, 2.05) is 0 Å². The molecule has 0 aromatic heterocycles. The summed E-state index contributed by atoms with van der Waals surface area (Å²) >= 11 is 0. The van der Waals surface area contributed by atoms with Gasteiger partial charge in [-0.2, -0.15) is 0 Å². The molecule has 3 atom stereocenters. The van der Waals surface area contributed by atoms with Gasteiger partial charge >= 0.3 is 0 Å². The van der Waals surface area contributed by atoms with Gasteiger partial charge in [-0.1, -0.05) is 29.8 Å². The third-order valence-corrected chi connectivity index (χ3v) is 5.15. The largest absolute Gasteiger partial charge is 0.342 e. The molecule has 2 fully saturated rings. The first-order chi connectivity index (χ1) is 10.1. The van der Waals surface area contributed by atoms with Gasteiger partial charge in [0.25, 0.3) is 0 Å². The molecule has 0 radical (unpaired) electrons. The van der Waals surface area contributed by atoms with Crippen molar-refractivity contribution in [3.05, 3.63) is 35.4 Å². The highest BCUT2D eigenvalue weighted by atomic mass is 16.2. The third-order valence-electron chi connectivity index (χ3n) is 5.15. The van der Waals surface area contributed by atoms with Gasteiger partial charge in [0, 0.05) is 25.6 Å². The number of hydrogen-bond acceptors (Lipinski definition) is 2. The highest BCUT2D eigenvalue weighted by Gasteiger charge is 2.38. The normalized spacial score (nSPS) is 28.5. The fourth-order valence-corrected chi connectivity index (χ4v) is 3.95. The van der Waals surface area contributed by atoms with Crippen LogP contribution in [0.1, 0.15) is 36.8 Å². The summed E-state index contributed by atoms with van der Waals surface area (Å²) in [4.78, 5) is 14.5. The van der Waals surface area contributed by atoms with Crippen LogP contribution in [0.25, 0.3) is 0 Å². The molecule has 3 nitrogen and oxygen atoms in total. The first kappa shape index (κ1) is 14.6. The van der Waals surface area contributed by atoms with E-state index in [2.05, 4.69) is 36.1 Å². The molecule has 2 N–H and O–H groups in total. The zero-order chi connectivity index (χ0) is 14.8. The molecule has 1 heterocycles. The Morgan fingerprint density at radius 2 is 2.10 bits per heavy atom. The maximum atomic E-state index is 12.4. The second-order valence-electron chi connectivity index (χ2n) is 6.88. The van der Waals surface area contributed by atoms with Crippen molar-refractivity contribution in [3.63, 3.8) is 0 Å². The fourth-order valence-electron chi connectivity index (χ4n) is 3.95. The van der Waals surface area contributed by atoms with Crippen molar-refractivity contribution in [1.82, 2.24) is 4.90 Å². The number of amides is 1. The summed E-state index contributed by atoms with van der Waals surface area (Å²) in [6.07, 6.45) is 4.92. The molecule has 2 aliphatic rings. The van der Waals surface area contributed by atoms with E-state index in [1.165, 1.54) is 17.5 Å². The van der Waals surface area contributed by atoms with E-state index in [0.29, 0.717) is 30.2 Å². The number of hydrogen-bond donors (Lipinski definition) is 1. The SMILES string of the molecule is Cc1cccc(CCC(=O)N2C[C@H]3CCC(N)C[C@H]3C2)c1. The van der Waals surface area contributed by atoms with Crippen LogP contribution in [0.2, 0.25) is 0 Å². The van der Waals surface area contributed by atoms with E-state index >= 15 is 0 Å². The van der Waals surface area contributed by atoms with Crippen LogP contribution < -0.4 is 5.73 Å². The highest BCUT2D eigenvalue weighted by molar-refractivity contribution is 5.76. The van der Waals surface area contributed by atoms with E-state index in [9.17, 15) is 4.79 Å². The van der Waals surface area contributed by atoms with E-state index < -0.39 is 0 Å². The lowest BCUT2D eigenvalue weighted by atomic mass is 9.79. The van der Waals surface area contributed by atoms with Gasteiger partial charge in [0.2, 0.25) is 5.91 Å². The Balaban J connectivity index is 1.52. The Bertz CT molecular complexity index is 514. The lowest BCUT2D eigenvalue weighted by Crippen LogP contribution is -2.32. The van der Waals surface area contributed by atoms with E-state index in [1.54, 1.807) is 0 Å². The van der Waals surface area contributed by atoms with Crippen molar-refractivity contribution in [3.8, 4) is 0 Å². The Morgan fingerprint density at radius 3 is 2.90 bits per heavy atom. The average Bonchev–Trinajstić information content (AvgIpc) is 2.88. The van der Waals surface area contributed by atoms with Crippen molar-refractivity contribution < 1.29 is 4.79 Å². The summed E-state index contributed by atoms with van der Waals surface area (Å²) in [6.45, 7) is 3.99.